The summed E-state index contributed by atoms with van der Waals surface area (Å²) in [6, 6.07) is 0. The van der Waals surface area contributed by atoms with E-state index in [0.717, 1.165) is 25.6 Å². The average Bonchev–Trinajstić information content (AvgIpc) is 2.24. The monoisotopic (exact) mass is 367 g/mol. The molecule has 0 unspecified atom stereocenters. The van der Waals surface area contributed by atoms with E-state index in [1.807, 2.05) is 0 Å². The van der Waals surface area contributed by atoms with Crippen LogP contribution in [0.5, 0.6) is 0 Å². The second-order valence-electron chi connectivity index (χ2n) is 5.68. The first-order valence-electron chi connectivity index (χ1n) is 7.14. The normalized spacial score (nSPS) is 17.9. The van der Waals surface area contributed by atoms with Crippen LogP contribution in [-0.4, -0.2) is 25.6 Å². The smallest absolute Gasteiger partial charge is 0.191 e. The number of aliphatic imine (C=N–C) groups is 1. The van der Waals surface area contributed by atoms with Gasteiger partial charge in [-0.3, -0.25) is 4.99 Å². The third kappa shape index (κ3) is 5.76. The van der Waals surface area contributed by atoms with Crippen LogP contribution in [0.15, 0.2) is 4.99 Å². The molecule has 0 bridgehead atoms. The molecule has 0 aromatic rings. The lowest BCUT2D eigenvalue weighted by molar-refractivity contribution is 0.139. The molecule has 0 aliphatic heterocycles. The van der Waals surface area contributed by atoms with Crippen molar-refractivity contribution in [2.75, 3.05) is 19.6 Å². The van der Waals surface area contributed by atoms with Crippen molar-refractivity contribution in [2.24, 2.45) is 16.3 Å². The third-order valence-corrected chi connectivity index (χ3v) is 3.76. The summed E-state index contributed by atoms with van der Waals surface area (Å²) in [6.07, 6.45) is 5.37. The van der Waals surface area contributed by atoms with Crippen LogP contribution in [0.4, 0.5) is 0 Å². The second kappa shape index (κ2) is 8.99. The van der Waals surface area contributed by atoms with Gasteiger partial charge in [0.05, 0.1) is 0 Å². The molecule has 1 rings (SSSR count). The molecular weight excluding hydrogens is 337 g/mol. The summed E-state index contributed by atoms with van der Waals surface area (Å²) in [6.45, 7) is 11.8. The maximum absolute atomic E-state index is 4.74. The van der Waals surface area contributed by atoms with Crippen LogP contribution in [0.2, 0.25) is 0 Å². The van der Waals surface area contributed by atoms with Crippen LogP contribution in [0.3, 0.4) is 0 Å². The minimum atomic E-state index is 0. The molecule has 0 amide bonds. The molecule has 1 saturated carbocycles. The van der Waals surface area contributed by atoms with Gasteiger partial charge in [-0.05, 0) is 37.5 Å². The summed E-state index contributed by atoms with van der Waals surface area (Å²) in [5.74, 6) is 1.64. The Morgan fingerprint density at radius 3 is 2.28 bits per heavy atom. The molecule has 0 spiro atoms. The highest BCUT2D eigenvalue weighted by atomic mass is 127. The van der Waals surface area contributed by atoms with Gasteiger partial charge in [0.2, 0.25) is 0 Å². The average molecular weight is 367 g/mol. The molecule has 2 N–H and O–H groups in total. The highest BCUT2D eigenvalue weighted by molar-refractivity contribution is 14.0. The molecule has 1 aliphatic rings. The molecule has 0 saturated heterocycles. The van der Waals surface area contributed by atoms with Gasteiger partial charge in [0, 0.05) is 19.6 Å². The van der Waals surface area contributed by atoms with E-state index >= 15 is 0 Å². The summed E-state index contributed by atoms with van der Waals surface area (Å²) in [5.41, 5.74) is 0.514. The van der Waals surface area contributed by atoms with Gasteiger partial charge in [-0.25, -0.2) is 0 Å². The van der Waals surface area contributed by atoms with E-state index in [9.17, 15) is 0 Å². The first-order chi connectivity index (χ1) is 8.12. The van der Waals surface area contributed by atoms with Crippen molar-refractivity contribution in [2.45, 2.75) is 53.4 Å². The van der Waals surface area contributed by atoms with E-state index in [1.165, 1.54) is 25.7 Å². The predicted molar refractivity (Wildman–Crippen MR) is 90.8 cm³/mol. The van der Waals surface area contributed by atoms with Crippen LogP contribution in [0.1, 0.15) is 53.4 Å². The number of guanidine groups is 1. The van der Waals surface area contributed by atoms with Gasteiger partial charge in [0.15, 0.2) is 5.96 Å². The fourth-order valence-corrected chi connectivity index (χ4v) is 2.19. The highest BCUT2D eigenvalue weighted by Gasteiger charge is 2.34. The van der Waals surface area contributed by atoms with Gasteiger partial charge >= 0.3 is 0 Å². The van der Waals surface area contributed by atoms with Crippen molar-refractivity contribution in [1.82, 2.24) is 10.6 Å². The fraction of sp³-hybridized carbons (Fsp3) is 0.929. The zero-order chi connectivity index (χ0) is 12.7. The first kappa shape index (κ1) is 18.0. The van der Waals surface area contributed by atoms with E-state index in [-0.39, 0.29) is 24.0 Å². The molecule has 0 heterocycles. The van der Waals surface area contributed by atoms with E-state index < -0.39 is 0 Å². The Kier molecular flexibility index (Phi) is 8.99. The summed E-state index contributed by atoms with van der Waals surface area (Å²) in [4.78, 5) is 4.74. The Bertz CT molecular complexity index is 242. The van der Waals surface area contributed by atoms with Crippen molar-refractivity contribution >= 4 is 29.9 Å². The van der Waals surface area contributed by atoms with Crippen molar-refractivity contribution < 1.29 is 0 Å². The molecule has 0 atom stereocenters. The lowest BCUT2D eigenvalue weighted by Gasteiger charge is -2.40. The number of hydrogen-bond acceptors (Lipinski definition) is 1. The summed E-state index contributed by atoms with van der Waals surface area (Å²) in [5, 5.41) is 6.73. The minimum Gasteiger partial charge on any atom is -0.357 e. The first-order valence-corrected chi connectivity index (χ1v) is 7.14. The van der Waals surface area contributed by atoms with E-state index in [2.05, 4.69) is 38.3 Å². The van der Waals surface area contributed by atoms with Crippen molar-refractivity contribution in [1.29, 1.82) is 0 Å². The molecule has 4 heteroatoms. The lowest BCUT2D eigenvalue weighted by atomic mass is 9.67. The molecule has 3 nitrogen and oxygen atoms in total. The van der Waals surface area contributed by atoms with Crippen molar-refractivity contribution in [3.8, 4) is 0 Å². The fourth-order valence-electron chi connectivity index (χ4n) is 2.19. The quantitative estimate of drug-likeness (QED) is 0.429. The van der Waals surface area contributed by atoms with Crippen molar-refractivity contribution in [3.63, 3.8) is 0 Å². The Labute approximate surface area is 130 Å². The van der Waals surface area contributed by atoms with Gasteiger partial charge < -0.3 is 10.6 Å². The standard InChI is InChI=1S/C14H29N3.HI/c1-5-14(8-7-9-14)11-17-13(15-6-2)16-10-12(3)4;/h12H,5-11H2,1-4H3,(H2,15,16,17);1H. The second-order valence-corrected chi connectivity index (χ2v) is 5.68. The number of rotatable bonds is 6. The Morgan fingerprint density at radius 2 is 1.89 bits per heavy atom. The topological polar surface area (TPSA) is 36.4 Å². The summed E-state index contributed by atoms with van der Waals surface area (Å²) < 4.78 is 0. The van der Waals surface area contributed by atoms with Crippen molar-refractivity contribution in [3.05, 3.63) is 0 Å². The lowest BCUT2D eigenvalue weighted by Crippen LogP contribution is -2.41. The van der Waals surface area contributed by atoms with Crippen LogP contribution in [-0.2, 0) is 0 Å². The zero-order valence-electron chi connectivity index (χ0n) is 12.4. The van der Waals surface area contributed by atoms with E-state index in [4.69, 9.17) is 4.99 Å². The molecule has 0 radical (unpaired) electrons. The third-order valence-electron chi connectivity index (χ3n) is 3.76. The molecule has 1 fully saturated rings. The largest absolute Gasteiger partial charge is 0.357 e. The summed E-state index contributed by atoms with van der Waals surface area (Å²) in [7, 11) is 0. The zero-order valence-corrected chi connectivity index (χ0v) is 14.7. The maximum Gasteiger partial charge on any atom is 0.191 e. The Morgan fingerprint density at radius 1 is 1.22 bits per heavy atom. The van der Waals surface area contributed by atoms with Gasteiger partial charge in [-0.1, -0.05) is 27.2 Å². The van der Waals surface area contributed by atoms with Crippen LogP contribution in [0, 0.1) is 11.3 Å². The van der Waals surface area contributed by atoms with Gasteiger partial charge in [-0.15, -0.1) is 24.0 Å². The van der Waals surface area contributed by atoms with Gasteiger partial charge in [0.25, 0.3) is 0 Å². The SMILES string of the molecule is CCNC(=NCC1(CC)CCC1)NCC(C)C.I. The molecule has 108 valence electrons. The van der Waals surface area contributed by atoms with Crippen LogP contribution >= 0.6 is 24.0 Å². The number of nitrogens with zero attached hydrogens (tertiary/aromatic N) is 1. The minimum absolute atomic E-state index is 0. The Hall–Kier alpha value is 0. The molecular formula is C14H30IN3. The van der Waals surface area contributed by atoms with Gasteiger partial charge in [0.1, 0.15) is 0 Å². The predicted octanol–water partition coefficient (Wildman–Crippen LogP) is 3.40. The van der Waals surface area contributed by atoms with Crippen LogP contribution < -0.4 is 10.6 Å². The maximum atomic E-state index is 4.74. The number of halogens is 1. The molecule has 0 aromatic carbocycles. The number of nitrogens with one attached hydrogen (secondary N) is 2. The van der Waals surface area contributed by atoms with Gasteiger partial charge in [-0.2, -0.15) is 0 Å². The summed E-state index contributed by atoms with van der Waals surface area (Å²) >= 11 is 0. The molecule has 0 aromatic heterocycles. The number of hydrogen-bond donors (Lipinski definition) is 2. The van der Waals surface area contributed by atoms with Crippen LogP contribution in [0.25, 0.3) is 0 Å². The Balaban J connectivity index is 0.00000289. The molecule has 1 aliphatic carbocycles. The van der Waals surface area contributed by atoms with E-state index in [1.54, 1.807) is 0 Å². The van der Waals surface area contributed by atoms with E-state index in [0.29, 0.717) is 11.3 Å². The molecule has 18 heavy (non-hydrogen) atoms. The highest BCUT2D eigenvalue weighted by Crippen LogP contribution is 2.43.